The Labute approximate surface area is 129 Å². The molecule has 3 heteroatoms. The molecule has 21 heavy (non-hydrogen) atoms. The molecule has 1 rings (SSSR count). The van der Waals surface area contributed by atoms with Crippen LogP contribution in [0.1, 0.15) is 44.7 Å². The molecule has 1 aromatic carbocycles. The summed E-state index contributed by atoms with van der Waals surface area (Å²) in [5, 5.41) is 3.45. The van der Waals surface area contributed by atoms with E-state index in [0.717, 1.165) is 32.5 Å². The van der Waals surface area contributed by atoms with E-state index in [-0.39, 0.29) is 5.91 Å². The number of carbonyl (C=O) groups excluding carboxylic acids is 1. The zero-order valence-electron chi connectivity index (χ0n) is 14.0. The minimum atomic E-state index is 0.249. The molecule has 0 fully saturated rings. The first kappa shape index (κ1) is 17.7. The fourth-order valence-corrected chi connectivity index (χ4v) is 2.51. The van der Waals surface area contributed by atoms with Crippen LogP contribution in [0.15, 0.2) is 24.3 Å². The lowest BCUT2D eigenvalue weighted by Gasteiger charge is -2.19. The second-order valence-corrected chi connectivity index (χ2v) is 5.70. The van der Waals surface area contributed by atoms with Gasteiger partial charge in [-0.25, -0.2) is 0 Å². The van der Waals surface area contributed by atoms with Gasteiger partial charge in [-0.1, -0.05) is 29.8 Å². The molecule has 1 amide bonds. The lowest BCUT2D eigenvalue weighted by atomic mass is 10.0. The fraction of sp³-hybridized carbons (Fsp3) is 0.611. The topological polar surface area (TPSA) is 32.3 Å². The Morgan fingerprint density at radius 3 is 2.62 bits per heavy atom. The number of aryl methyl sites for hydroxylation is 2. The van der Waals surface area contributed by atoms with Crippen LogP contribution < -0.4 is 5.32 Å². The number of carbonyl (C=O) groups is 1. The summed E-state index contributed by atoms with van der Waals surface area (Å²) in [7, 11) is 0. The molecular formula is C18H30N2O. The van der Waals surface area contributed by atoms with Crippen LogP contribution in [0.25, 0.3) is 0 Å². The minimum Gasteiger partial charge on any atom is -0.343 e. The third-order valence-corrected chi connectivity index (χ3v) is 3.90. The van der Waals surface area contributed by atoms with Crippen molar-refractivity contribution in [3.05, 3.63) is 35.4 Å². The molecule has 0 heterocycles. The van der Waals surface area contributed by atoms with E-state index in [9.17, 15) is 4.79 Å². The molecule has 0 bridgehead atoms. The normalized spacial score (nSPS) is 12.2. The third-order valence-electron chi connectivity index (χ3n) is 3.90. The Morgan fingerprint density at radius 2 is 2.00 bits per heavy atom. The van der Waals surface area contributed by atoms with E-state index < -0.39 is 0 Å². The Hall–Kier alpha value is -1.35. The first-order valence-corrected chi connectivity index (χ1v) is 8.13. The van der Waals surface area contributed by atoms with E-state index in [1.54, 1.807) is 0 Å². The number of nitrogens with zero attached hydrogens (tertiary/aromatic N) is 1. The second kappa shape index (κ2) is 9.56. The Morgan fingerprint density at radius 1 is 1.29 bits per heavy atom. The van der Waals surface area contributed by atoms with Crippen LogP contribution >= 0.6 is 0 Å². The summed E-state index contributed by atoms with van der Waals surface area (Å²) in [6.45, 7) is 10.8. The first-order valence-electron chi connectivity index (χ1n) is 8.13. The number of benzene rings is 1. The Bertz CT molecular complexity index is 427. The van der Waals surface area contributed by atoms with Gasteiger partial charge in [-0.2, -0.15) is 0 Å². The maximum Gasteiger partial charge on any atom is 0.223 e. The summed E-state index contributed by atoms with van der Waals surface area (Å²) in [6.07, 6.45) is 2.78. The average Bonchev–Trinajstić information content (AvgIpc) is 2.46. The van der Waals surface area contributed by atoms with Gasteiger partial charge in [0, 0.05) is 32.1 Å². The van der Waals surface area contributed by atoms with Crippen LogP contribution in [0.3, 0.4) is 0 Å². The third kappa shape index (κ3) is 6.76. The van der Waals surface area contributed by atoms with E-state index in [1.807, 2.05) is 18.7 Å². The highest BCUT2D eigenvalue weighted by molar-refractivity contribution is 5.76. The van der Waals surface area contributed by atoms with Crippen molar-refractivity contribution in [1.29, 1.82) is 0 Å². The summed E-state index contributed by atoms with van der Waals surface area (Å²) in [5.41, 5.74) is 2.71. The van der Waals surface area contributed by atoms with Gasteiger partial charge in [-0.05, 0) is 46.1 Å². The molecule has 0 aliphatic rings. The van der Waals surface area contributed by atoms with Gasteiger partial charge in [-0.15, -0.1) is 0 Å². The van der Waals surface area contributed by atoms with Gasteiger partial charge >= 0.3 is 0 Å². The summed E-state index contributed by atoms with van der Waals surface area (Å²) >= 11 is 0. The summed E-state index contributed by atoms with van der Waals surface area (Å²) in [4.78, 5) is 13.8. The Kier molecular flexibility index (Phi) is 8.06. The maximum absolute atomic E-state index is 11.9. The van der Waals surface area contributed by atoms with Gasteiger partial charge in [0.05, 0.1) is 0 Å². The molecule has 3 nitrogen and oxygen atoms in total. The lowest BCUT2D eigenvalue weighted by Crippen LogP contribution is -2.35. The van der Waals surface area contributed by atoms with Crippen molar-refractivity contribution in [2.75, 3.05) is 19.6 Å². The predicted octanol–water partition coefficient (Wildman–Crippen LogP) is 3.16. The summed E-state index contributed by atoms with van der Waals surface area (Å²) < 4.78 is 0. The van der Waals surface area contributed by atoms with Crippen molar-refractivity contribution < 1.29 is 4.79 Å². The predicted molar refractivity (Wildman–Crippen MR) is 89.5 cm³/mol. The average molecular weight is 290 g/mol. The molecule has 1 N–H and O–H groups in total. The molecule has 0 radical (unpaired) electrons. The second-order valence-electron chi connectivity index (χ2n) is 5.70. The standard InChI is InChI=1S/C18H30N2O/c1-5-20(6-2)18(21)12-13-19-16(4)10-11-17-9-7-8-15(3)14-17/h7-9,14,16,19H,5-6,10-13H2,1-4H3. The van der Waals surface area contributed by atoms with Crippen LogP contribution in [0, 0.1) is 6.92 Å². The molecule has 0 spiro atoms. The number of amides is 1. The molecule has 118 valence electrons. The van der Waals surface area contributed by atoms with Crippen LogP contribution in [0.4, 0.5) is 0 Å². The highest BCUT2D eigenvalue weighted by atomic mass is 16.2. The highest BCUT2D eigenvalue weighted by Crippen LogP contribution is 2.08. The van der Waals surface area contributed by atoms with Gasteiger partial charge in [-0.3, -0.25) is 4.79 Å². The SMILES string of the molecule is CCN(CC)C(=O)CCNC(C)CCc1cccc(C)c1. The van der Waals surface area contributed by atoms with Crippen LogP contribution in [-0.2, 0) is 11.2 Å². The largest absolute Gasteiger partial charge is 0.343 e. The molecule has 0 saturated heterocycles. The first-order chi connectivity index (χ1) is 10.1. The van der Waals surface area contributed by atoms with Gasteiger partial charge in [0.1, 0.15) is 0 Å². The summed E-state index contributed by atoms with van der Waals surface area (Å²) in [5.74, 6) is 0.249. The number of rotatable bonds is 9. The maximum atomic E-state index is 11.9. The molecule has 0 aliphatic carbocycles. The van der Waals surface area contributed by atoms with E-state index in [4.69, 9.17) is 0 Å². The van der Waals surface area contributed by atoms with E-state index in [1.165, 1.54) is 11.1 Å². The smallest absolute Gasteiger partial charge is 0.223 e. The van der Waals surface area contributed by atoms with Crippen molar-refractivity contribution >= 4 is 5.91 Å². The van der Waals surface area contributed by atoms with Crippen LogP contribution in [-0.4, -0.2) is 36.5 Å². The molecule has 0 saturated carbocycles. The van der Waals surface area contributed by atoms with Gasteiger partial charge in [0.2, 0.25) is 5.91 Å². The molecule has 1 unspecified atom stereocenters. The van der Waals surface area contributed by atoms with Crippen molar-refractivity contribution in [3.63, 3.8) is 0 Å². The monoisotopic (exact) mass is 290 g/mol. The molecule has 1 aromatic rings. The number of nitrogens with one attached hydrogen (secondary N) is 1. The Balaban J connectivity index is 2.22. The van der Waals surface area contributed by atoms with Gasteiger partial charge < -0.3 is 10.2 Å². The van der Waals surface area contributed by atoms with E-state index in [0.29, 0.717) is 12.5 Å². The zero-order valence-corrected chi connectivity index (χ0v) is 14.0. The van der Waals surface area contributed by atoms with Crippen molar-refractivity contribution in [1.82, 2.24) is 10.2 Å². The van der Waals surface area contributed by atoms with Gasteiger partial charge in [0.15, 0.2) is 0 Å². The summed E-state index contributed by atoms with van der Waals surface area (Å²) in [6, 6.07) is 9.12. The molecule has 1 atom stereocenters. The fourth-order valence-electron chi connectivity index (χ4n) is 2.51. The molecule has 0 aliphatic heterocycles. The van der Waals surface area contributed by atoms with E-state index in [2.05, 4.69) is 43.4 Å². The van der Waals surface area contributed by atoms with Gasteiger partial charge in [0.25, 0.3) is 0 Å². The number of hydrogen-bond acceptors (Lipinski definition) is 2. The lowest BCUT2D eigenvalue weighted by molar-refractivity contribution is -0.130. The van der Waals surface area contributed by atoms with Crippen molar-refractivity contribution in [2.24, 2.45) is 0 Å². The van der Waals surface area contributed by atoms with Crippen LogP contribution in [0.2, 0.25) is 0 Å². The quantitative estimate of drug-likeness (QED) is 0.757. The van der Waals surface area contributed by atoms with E-state index >= 15 is 0 Å². The van der Waals surface area contributed by atoms with Crippen LogP contribution in [0.5, 0.6) is 0 Å². The molecule has 0 aromatic heterocycles. The molecular weight excluding hydrogens is 260 g/mol. The highest BCUT2D eigenvalue weighted by Gasteiger charge is 2.09. The van der Waals surface area contributed by atoms with Crippen molar-refractivity contribution in [2.45, 2.75) is 53.0 Å². The van der Waals surface area contributed by atoms with Crippen molar-refractivity contribution in [3.8, 4) is 0 Å². The minimum absolute atomic E-state index is 0.249. The number of hydrogen-bond donors (Lipinski definition) is 1. The zero-order chi connectivity index (χ0) is 15.7.